The Balaban J connectivity index is 1.22. The van der Waals surface area contributed by atoms with Gasteiger partial charge in [-0.2, -0.15) is 0 Å². The fraction of sp³-hybridized carbons (Fsp3) is 0.433. The number of carboxylic acid groups (broad SMARTS) is 1. The Bertz CT molecular complexity index is 1500. The second kappa shape index (κ2) is 12.5. The second-order valence-corrected chi connectivity index (χ2v) is 12.6. The van der Waals surface area contributed by atoms with Gasteiger partial charge in [-0.15, -0.1) is 0 Å². The topological polar surface area (TPSA) is 152 Å². The third-order valence-corrected chi connectivity index (χ3v) is 9.22. The van der Waals surface area contributed by atoms with Crippen molar-refractivity contribution in [2.75, 3.05) is 26.3 Å². The largest absolute Gasteiger partial charge is 0.465 e. The Morgan fingerprint density at radius 3 is 2.29 bits per heavy atom. The molecular weight excluding hydrogens is 544 g/mol. The molecule has 5 rings (SSSR count). The lowest BCUT2D eigenvalue weighted by atomic mass is 9.81. The molecule has 2 fully saturated rings. The van der Waals surface area contributed by atoms with Crippen LogP contribution in [0.3, 0.4) is 0 Å². The Kier molecular flexibility index (Phi) is 8.86. The highest BCUT2D eigenvalue weighted by molar-refractivity contribution is 7.89. The fourth-order valence-corrected chi connectivity index (χ4v) is 6.45. The minimum absolute atomic E-state index is 0.00832. The number of carbonyl (C=O) groups is 2. The van der Waals surface area contributed by atoms with Crippen LogP contribution in [0.15, 0.2) is 59.5 Å². The minimum Gasteiger partial charge on any atom is -0.465 e. The lowest BCUT2D eigenvalue weighted by Gasteiger charge is -2.37. The van der Waals surface area contributed by atoms with Crippen LogP contribution in [0.4, 0.5) is 4.79 Å². The average molecular weight is 581 g/mol. The molecule has 2 heterocycles. The van der Waals surface area contributed by atoms with E-state index in [-0.39, 0.29) is 16.8 Å². The molecule has 1 aliphatic carbocycles. The maximum atomic E-state index is 13.4. The highest BCUT2D eigenvalue weighted by atomic mass is 32.2. The van der Waals surface area contributed by atoms with E-state index in [0.717, 1.165) is 43.9 Å². The molecule has 10 nitrogen and oxygen atoms in total. The van der Waals surface area contributed by atoms with Gasteiger partial charge in [0.2, 0.25) is 10.0 Å². The van der Waals surface area contributed by atoms with E-state index in [4.69, 9.17) is 14.9 Å². The van der Waals surface area contributed by atoms with Crippen LogP contribution in [0.1, 0.15) is 48.9 Å². The highest BCUT2D eigenvalue weighted by Gasteiger charge is 2.30. The van der Waals surface area contributed by atoms with Crippen molar-refractivity contribution in [3.05, 3.63) is 60.2 Å². The van der Waals surface area contributed by atoms with Crippen LogP contribution < -0.4 is 10.5 Å². The van der Waals surface area contributed by atoms with E-state index in [2.05, 4.69) is 5.32 Å². The standard InChI is InChI=1S/C30H36N4O6S/c31-41(38,39)24-11-9-22(10-12-24)28-17-26(25-3-1-2-4-27(25)33-28)29(35)32-18-20-5-7-21(8-6-20)19-34(30(36)37)23-13-15-40-16-14-23/h1-4,9-12,17,20-21,23H,5-8,13-16,18-19H2,(H,32,35)(H,36,37)(H2,31,38,39)/t20-,21-. The van der Waals surface area contributed by atoms with Crippen molar-refractivity contribution in [2.45, 2.75) is 49.5 Å². The molecule has 1 aromatic heterocycles. The van der Waals surface area contributed by atoms with Crippen LogP contribution in [0.5, 0.6) is 0 Å². The third kappa shape index (κ3) is 7.03. The summed E-state index contributed by atoms with van der Waals surface area (Å²) in [4.78, 5) is 31.6. The number of rotatable bonds is 8. The van der Waals surface area contributed by atoms with Crippen LogP contribution in [0.2, 0.25) is 0 Å². The van der Waals surface area contributed by atoms with E-state index in [1.54, 1.807) is 23.1 Å². The van der Waals surface area contributed by atoms with E-state index in [1.165, 1.54) is 12.1 Å². The quantitative estimate of drug-likeness (QED) is 0.360. The SMILES string of the molecule is NS(=O)(=O)c1ccc(-c2cc(C(=O)NC[C@H]3CC[C@H](CN(C(=O)O)C4CCOCC4)CC3)c3ccccc3n2)cc1. The predicted molar refractivity (Wildman–Crippen MR) is 155 cm³/mol. The number of carbonyl (C=O) groups excluding carboxylic acids is 1. The first-order valence-electron chi connectivity index (χ1n) is 14.1. The monoisotopic (exact) mass is 580 g/mol. The Hall–Kier alpha value is -3.54. The van der Waals surface area contributed by atoms with Gasteiger partial charge in [0.15, 0.2) is 0 Å². The van der Waals surface area contributed by atoms with Gasteiger partial charge in [-0.25, -0.2) is 23.3 Å². The van der Waals surface area contributed by atoms with Crippen LogP contribution in [0, 0.1) is 11.8 Å². The molecule has 0 unspecified atom stereocenters. The lowest BCUT2D eigenvalue weighted by molar-refractivity contribution is 0.0277. The first-order valence-corrected chi connectivity index (χ1v) is 15.6. The van der Waals surface area contributed by atoms with Gasteiger partial charge in [0.05, 0.1) is 21.7 Å². The first kappa shape index (κ1) is 29.0. The molecule has 218 valence electrons. The Morgan fingerprint density at radius 2 is 1.63 bits per heavy atom. The van der Waals surface area contributed by atoms with Gasteiger partial charge >= 0.3 is 6.09 Å². The maximum Gasteiger partial charge on any atom is 0.407 e. The molecule has 41 heavy (non-hydrogen) atoms. The van der Waals surface area contributed by atoms with Crippen molar-refractivity contribution in [3.63, 3.8) is 0 Å². The minimum atomic E-state index is -3.81. The van der Waals surface area contributed by atoms with Gasteiger partial charge in [-0.1, -0.05) is 30.3 Å². The Labute approximate surface area is 239 Å². The number of benzene rings is 2. The summed E-state index contributed by atoms with van der Waals surface area (Å²) in [5.74, 6) is 0.466. The van der Waals surface area contributed by atoms with E-state index in [1.807, 2.05) is 24.3 Å². The summed E-state index contributed by atoms with van der Waals surface area (Å²) in [5, 5.41) is 18.9. The Morgan fingerprint density at radius 1 is 0.976 bits per heavy atom. The van der Waals surface area contributed by atoms with Crippen molar-refractivity contribution in [1.82, 2.24) is 15.2 Å². The number of hydrogen-bond acceptors (Lipinski definition) is 6. The van der Waals surface area contributed by atoms with Crippen molar-refractivity contribution >= 4 is 32.9 Å². The van der Waals surface area contributed by atoms with Crippen molar-refractivity contribution in [1.29, 1.82) is 0 Å². The normalized spacial score (nSPS) is 20.0. The molecule has 1 saturated carbocycles. The molecule has 2 aliphatic rings. The number of primary sulfonamides is 1. The summed E-state index contributed by atoms with van der Waals surface area (Å²) in [7, 11) is -3.81. The number of hydrogen-bond donors (Lipinski definition) is 3. The summed E-state index contributed by atoms with van der Waals surface area (Å²) in [6, 6.07) is 15.3. The van der Waals surface area contributed by atoms with Crippen LogP contribution in [-0.2, 0) is 14.8 Å². The number of amides is 2. The van der Waals surface area contributed by atoms with Gasteiger partial charge in [0.25, 0.3) is 5.91 Å². The molecule has 1 aliphatic heterocycles. The van der Waals surface area contributed by atoms with Gasteiger partial charge in [0.1, 0.15) is 0 Å². The zero-order chi connectivity index (χ0) is 29.0. The van der Waals surface area contributed by atoms with Crippen molar-refractivity contribution < 1.29 is 27.9 Å². The summed E-state index contributed by atoms with van der Waals surface area (Å²) in [5.41, 5.74) is 2.40. The predicted octanol–water partition coefficient (Wildman–Crippen LogP) is 4.24. The number of para-hydroxylation sites is 1. The smallest absolute Gasteiger partial charge is 0.407 e. The molecular formula is C30H36N4O6S. The lowest BCUT2D eigenvalue weighted by Crippen LogP contribution is -2.45. The van der Waals surface area contributed by atoms with Gasteiger partial charge in [-0.05, 0) is 74.6 Å². The number of nitrogens with two attached hydrogens (primary N) is 1. The molecule has 0 spiro atoms. The number of fused-ring (bicyclic) bond motifs is 1. The number of nitrogens with zero attached hydrogens (tertiary/aromatic N) is 2. The summed E-state index contributed by atoms with van der Waals surface area (Å²) < 4.78 is 28.7. The second-order valence-electron chi connectivity index (χ2n) is 11.0. The summed E-state index contributed by atoms with van der Waals surface area (Å²) >= 11 is 0. The van der Waals surface area contributed by atoms with E-state index < -0.39 is 16.1 Å². The van der Waals surface area contributed by atoms with Crippen molar-refractivity contribution in [3.8, 4) is 11.3 Å². The molecule has 2 amide bonds. The van der Waals surface area contributed by atoms with Gasteiger partial charge < -0.3 is 20.1 Å². The number of sulfonamides is 1. The first-order chi connectivity index (χ1) is 19.7. The summed E-state index contributed by atoms with van der Waals surface area (Å²) in [6.07, 6.45) is 4.39. The van der Waals surface area contributed by atoms with E-state index in [9.17, 15) is 23.1 Å². The molecule has 3 aromatic rings. The number of aromatic nitrogens is 1. The van der Waals surface area contributed by atoms with E-state index >= 15 is 0 Å². The number of nitrogens with one attached hydrogen (secondary N) is 1. The number of ether oxygens (including phenoxy) is 1. The molecule has 4 N–H and O–H groups in total. The zero-order valence-corrected chi connectivity index (χ0v) is 23.7. The van der Waals surface area contributed by atoms with Crippen molar-refractivity contribution in [2.24, 2.45) is 17.0 Å². The van der Waals surface area contributed by atoms with Crippen LogP contribution >= 0.6 is 0 Å². The van der Waals surface area contributed by atoms with Crippen LogP contribution in [0.25, 0.3) is 22.2 Å². The molecule has 0 radical (unpaired) electrons. The average Bonchev–Trinajstić information content (AvgIpc) is 2.98. The summed E-state index contributed by atoms with van der Waals surface area (Å²) in [6.45, 7) is 2.33. The molecule has 1 saturated heterocycles. The molecule has 0 bridgehead atoms. The maximum absolute atomic E-state index is 13.4. The van der Waals surface area contributed by atoms with Crippen LogP contribution in [-0.4, -0.2) is 67.8 Å². The fourth-order valence-electron chi connectivity index (χ4n) is 5.94. The molecule has 2 aromatic carbocycles. The highest BCUT2D eigenvalue weighted by Crippen LogP contribution is 2.31. The molecule has 11 heteroatoms. The third-order valence-electron chi connectivity index (χ3n) is 8.29. The van der Waals surface area contributed by atoms with Gasteiger partial charge in [-0.3, -0.25) is 4.79 Å². The van der Waals surface area contributed by atoms with E-state index in [0.29, 0.717) is 60.5 Å². The zero-order valence-electron chi connectivity index (χ0n) is 22.9. The number of pyridine rings is 1. The van der Waals surface area contributed by atoms with Gasteiger partial charge in [0, 0.05) is 43.3 Å². The molecule has 0 atom stereocenters.